The molecule has 26 heavy (non-hydrogen) atoms. The molecule has 2 aliphatic heterocycles. The lowest BCUT2D eigenvalue weighted by atomic mass is 9.99. The van der Waals surface area contributed by atoms with Crippen LogP contribution in [0.1, 0.15) is 69.2 Å². The molecule has 0 aliphatic carbocycles. The van der Waals surface area contributed by atoms with Gasteiger partial charge in [0.1, 0.15) is 0 Å². The van der Waals surface area contributed by atoms with Gasteiger partial charge in [-0.1, -0.05) is 19.4 Å². The third-order valence-electron chi connectivity index (χ3n) is 5.79. The molecular weight excluding hydrogens is 348 g/mol. The van der Waals surface area contributed by atoms with E-state index in [-0.39, 0.29) is 22.9 Å². The van der Waals surface area contributed by atoms with Crippen LogP contribution in [0.2, 0.25) is 0 Å². The number of hydrogen-bond acceptors (Lipinski definition) is 3. The highest BCUT2D eigenvalue weighted by atomic mass is 32.2. The van der Waals surface area contributed by atoms with Gasteiger partial charge in [-0.15, -0.1) is 0 Å². The quantitative estimate of drug-likeness (QED) is 0.803. The number of hydrogen-bond donors (Lipinski definition) is 0. The van der Waals surface area contributed by atoms with Crippen molar-refractivity contribution in [3.63, 3.8) is 0 Å². The van der Waals surface area contributed by atoms with Gasteiger partial charge in [-0.05, 0) is 63.6 Å². The molecule has 0 N–H and O–H groups in total. The molecular formula is C20H30N2O3S. The average molecular weight is 379 g/mol. The molecule has 0 aromatic heterocycles. The summed E-state index contributed by atoms with van der Waals surface area (Å²) in [7, 11) is -3.55. The molecule has 1 amide bonds. The number of piperidine rings is 2. The normalized spacial score (nSPS) is 25.2. The molecule has 3 rings (SSSR count). The Morgan fingerprint density at radius 1 is 1.12 bits per heavy atom. The van der Waals surface area contributed by atoms with Gasteiger partial charge in [-0.2, -0.15) is 4.31 Å². The van der Waals surface area contributed by atoms with E-state index in [1.165, 1.54) is 0 Å². The minimum Gasteiger partial charge on any atom is -0.336 e. The van der Waals surface area contributed by atoms with E-state index >= 15 is 0 Å². The summed E-state index contributed by atoms with van der Waals surface area (Å²) < 4.78 is 27.7. The zero-order valence-corrected chi connectivity index (χ0v) is 16.7. The Labute approximate surface area is 157 Å². The molecule has 144 valence electrons. The summed E-state index contributed by atoms with van der Waals surface area (Å²) >= 11 is 0. The van der Waals surface area contributed by atoms with Crippen LogP contribution in [0.25, 0.3) is 0 Å². The second-order valence-corrected chi connectivity index (χ2v) is 9.44. The molecule has 2 fully saturated rings. The first-order valence-corrected chi connectivity index (χ1v) is 11.3. The Balaban J connectivity index is 1.86. The van der Waals surface area contributed by atoms with Crippen LogP contribution < -0.4 is 0 Å². The smallest absolute Gasteiger partial charge is 0.254 e. The predicted octanol–water partition coefficient (Wildman–Crippen LogP) is 3.65. The van der Waals surface area contributed by atoms with E-state index in [1.54, 1.807) is 28.6 Å². The Bertz CT molecular complexity index is 747. The number of amides is 1. The Hall–Kier alpha value is -1.40. The number of benzene rings is 1. The maximum absolute atomic E-state index is 13.1. The summed E-state index contributed by atoms with van der Waals surface area (Å²) in [4.78, 5) is 15.2. The summed E-state index contributed by atoms with van der Waals surface area (Å²) in [6.45, 7) is 5.39. The standard InChI is InChI=1S/C20H30N2O3S/c1-3-18-11-5-6-13-21(18)20(23)17-10-8-12-19(15-17)26(24,25)22-14-7-4-9-16(22)2/h8,10,12,15-16,18H,3-7,9,11,13-14H2,1-2H3. The zero-order valence-electron chi connectivity index (χ0n) is 15.9. The summed E-state index contributed by atoms with van der Waals surface area (Å²) in [5.74, 6) is -0.0414. The highest BCUT2D eigenvalue weighted by molar-refractivity contribution is 7.89. The minimum absolute atomic E-state index is 0.0136. The van der Waals surface area contributed by atoms with Crippen molar-refractivity contribution in [3.8, 4) is 0 Å². The van der Waals surface area contributed by atoms with E-state index in [1.807, 2.05) is 11.8 Å². The SMILES string of the molecule is CCC1CCCCN1C(=O)c1cccc(S(=O)(=O)N2CCCCC2C)c1. The summed E-state index contributed by atoms with van der Waals surface area (Å²) in [5.41, 5.74) is 0.482. The number of nitrogens with zero attached hydrogens (tertiary/aromatic N) is 2. The highest BCUT2D eigenvalue weighted by Gasteiger charge is 2.32. The van der Waals surface area contributed by atoms with Gasteiger partial charge >= 0.3 is 0 Å². The lowest BCUT2D eigenvalue weighted by Gasteiger charge is -2.35. The number of likely N-dealkylation sites (tertiary alicyclic amines) is 1. The lowest BCUT2D eigenvalue weighted by molar-refractivity contribution is 0.0608. The molecule has 1 aromatic carbocycles. The highest BCUT2D eigenvalue weighted by Crippen LogP contribution is 2.27. The first-order chi connectivity index (χ1) is 12.4. The zero-order chi connectivity index (χ0) is 18.7. The maximum Gasteiger partial charge on any atom is 0.254 e. The summed E-state index contributed by atoms with van der Waals surface area (Å²) in [6, 6.07) is 6.89. The average Bonchev–Trinajstić information content (AvgIpc) is 2.67. The van der Waals surface area contributed by atoms with Crippen LogP contribution in [-0.4, -0.2) is 48.7 Å². The van der Waals surface area contributed by atoms with Crippen LogP contribution in [0, 0.1) is 0 Å². The van der Waals surface area contributed by atoms with Crippen LogP contribution in [0.4, 0.5) is 0 Å². The molecule has 0 radical (unpaired) electrons. The van der Waals surface area contributed by atoms with E-state index in [0.717, 1.165) is 51.5 Å². The molecule has 2 unspecified atom stereocenters. The largest absolute Gasteiger partial charge is 0.336 e. The molecule has 2 heterocycles. The molecule has 0 bridgehead atoms. The van der Waals surface area contributed by atoms with Crippen molar-refractivity contribution in [2.75, 3.05) is 13.1 Å². The van der Waals surface area contributed by atoms with Crippen molar-refractivity contribution >= 4 is 15.9 Å². The van der Waals surface area contributed by atoms with Crippen LogP contribution in [0.15, 0.2) is 29.2 Å². The van der Waals surface area contributed by atoms with Crippen molar-refractivity contribution in [1.29, 1.82) is 0 Å². The van der Waals surface area contributed by atoms with Gasteiger partial charge in [-0.3, -0.25) is 4.79 Å². The molecule has 2 atom stereocenters. The summed E-state index contributed by atoms with van der Waals surface area (Å²) in [5, 5.41) is 0. The van der Waals surface area contributed by atoms with Crippen molar-refractivity contribution in [1.82, 2.24) is 9.21 Å². The molecule has 0 saturated carbocycles. The number of carbonyl (C=O) groups is 1. The van der Waals surface area contributed by atoms with E-state index in [2.05, 4.69) is 6.92 Å². The predicted molar refractivity (Wildman–Crippen MR) is 103 cm³/mol. The first kappa shape index (κ1) is 19.4. The van der Waals surface area contributed by atoms with E-state index in [4.69, 9.17) is 0 Å². The third kappa shape index (κ3) is 3.81. The van der Waals surface area contributed by atoms with Gasteiger partial charge in [0, 0.05) is 30.7 Å². The fourth-order valence-corrected chi connectivity index (χ4v) is 5.96. The summed E-state index contributed by atoms with van der Waals surface area (Å²) in [6.07, 6.45) is 7.01. The number of sulfonamides is 1. The van der Waals surface area contributed by atoms with Crippen molar-refractivity contribution in [3.05, 3.63) is 29.8 Å². The second kappa shape index (κ2) is 8.09. The third-order valence-corrected chi connectivity index (χ3v) is 7.80. The van der Waals surface area contributed by atoms with Crippen LogP contribution in [-0.2, 0) is 10.0 Å². The Kier molecular flexibility index (Phi) is 6.03. The molecule has 1 aromatic rings. The van der Waals surface area contributed by atoms with Crippen LogP contribution >= 0.6 is 0 Å². The van der Waals surface area contributed by atoms with Gasteiger partial charge in [0.15, 0.2) is 0 Å². The van der Waals surface area contributed by atoms with Crippen molar-refractivity contribution in [2.24, 2.45) is 0 Å². The van der Waals surface area contributed by atoms with Gasteiger partial charge in [0.05, 0.1) is 4.90 Å². The Morgan fingerprint density at radius 3 is 2.58 bits per heavy atom. The topological polar surface area (TPSA) is 57.7 Å². The molecule has 2 aliphatic rings. The van der Waals surface area contributed by atoms with Crippen LogP contribution in [0.3, 0.4) is 0 Å². The van der Waals surface area contributed by atoms with Crippen molar-refractivity contribution in [2.45, 2.75) is 75.8 Å². The van der Waals surface area contributed by atoms with Gasteiger partial charge in [-0.25, -0.2) is 8.42 Å². The maximum atomic E-state index is 13.1. The molecule has 2 saturated heterocycles. The molecule has 5 nitrogen and oxygen atoms in total. The van der Waals surface area contributed by atoms with Gasteiger partial charge < -0.3 is 4.90 Å². The van der Waals surface area contributed by atoms with E-state index in [0.29, 0.717) is 12.1 Å². The molecule has 6 heteroatoms. The second-order valence-electron chi connectivity index (χ2n) is 7.54. The van der Waals surface area contributed by atoms with E-state index in [9.17, 15) is 13.2 Å². The number of carbonyl (C=O) groups excluding carboxylic acids is 1. The van der Waals surface area contributed by atoms with Gasteiger partial charge in [0.2, 0.25) is 10.0 Å². The first-order valence-electron chi connectivity index (χ1n) is 9.88. The van der Waals surface area contributed by atoms with Crippen molar-refractivity contribution < 1.29 is 13.2 Å². The van der Waals surface area contributed by atoms with E-state index < -0.39 is 10.0 Å². The monoisotopic (exact) mass is 378 g/mol. The fraction of sp³-hybridized carbons (Fsp3) is 0.650. The Morgan fingerprint density at radius 2 is 1.85 bits per heavy atom. The molecule has 0 spiro atoms. The minimum atomic E-state index is -3.55. The van der Waals surface area contributed by atoms with Gasteiger partial charge in [0.25, 0.3) is 5.91 Å². The lowest BCUT2D eigenvalue weighted by Crippen LogP contribution is -2.43. The van der Waals surface area contributed by atoms with Crippen LogP contribution in [0.5, 0.6) is 0 Å². The number of rotatable bonds is 4. The fourth-order valence-electron chi connectivity index (χ4n) is 4.21.